The molecule has 4 nitrogen and oxygen atoms in total. The van der Waals surface area contributed by atoms with E-state index >= 15 is 0 Å². The molecule has 1 saturated heterocycles. The maximum Gasteiger partial charge on any atom is 0.407 e. The Morgan fingerprint density at radius 3 is 2.69 bits per heavy atom. The van der Waals surface area contributed by atoms with Crippen molar-refractivity contribution in [1.82, 2.24) is 10.2 Å². The number of likely N-dealkylation sites (tertiary alicyclic amines) is 1. The van der Waals surface area contributed by atoms with E-state index in [4.69, 9.17) is 0 Å². The number of hydrogen-bond donors (Lipinski definition) is 1. The average molecular weight is 226 g/mol. The second-order valence-corrected chi connectivity index (χ2v) is 5.21. The molecule has 2 atom stereocenters. The highest BCUT2D eigenvalue weighted by Gasteiger charge is 2.32. The summed E-state index contributed by atoms with van der Waals surface area (Å²) in [7, 11) is 1.42. The summed E-state index contributed by atoms with van der Waals surface area (Å²) >= 11 is 0. The van der Waals surface area contributed by atoms with Gasteiger partial charge in [0.1, 0.15) is 0 Å². The third-order valence-corrected chi connectivity index (χ3v) is 3.79. The van der Waals surface area contributed by atoms with Gasteiger partial charge in [-0.15, -0.1) is 0 Å². The van der Waals surface area contributed by atoms with Crippen LogP contribution in [0.5, 0.6) is 0 Å². The molecule has 4 heteroatoms. The van der Waals surface area contributed by atoms with Crippen molar-refractivity contribution in [3.05, 3.63) is 0 Å². The number of carbonyl (C=O) groups is 1. The highest BCUT2D eigenvalue weighted by Crippen LogP contribution is 2.29. The number of ether oxygens (including phenoxy) is 1. The summed E-state index contributed by atoms with van der Waals surface area (Å²) < 4.78 is 4.66. The standard InChI is InChI=1S/C12H22N2O2/c1-9-6-10(13-12(15)16-2)8-14(7-9)11-4-3-5-11/h9-11H,3-8H2,1-2H3,(H,13,15). The number of hydrogen-bond acceptors (Lipinski definition) is 3. The van der Waals surface area contributed by atoms with Gasteiger partial charge in [-0.1, -0.05) is 13.3 Å². The van der Waals surface area contributed by atoms with Crippen LogP contribution in [0, 0.1) is 5.92 Å². The molecular formula is C12H22N2O2. The number of carbonyl (C=O) groups excluding carboxylic acids is 1. The number of piperidine rings is 1. The van der Waals surface area contributed by atoms with Crippen LogP contribution in [0.2, 0.25) is 0 Å². The molecule has 0 aromatic heterocycles. The lowest BCUT2D eigenvalue weighted by Crippen LogP contribution is -2.54. The van der Waals surface area contributed by atoms with E-state index in [0.29, 0.717) is 5.92 Å². The Balaban J connectivity index is 1.86. The molecule has 92 valence electrons. The maximum absolute atomic E-state index is 11.2. The highest BCUT2D eigenvalue weighted by molar-refractivity contribution is 5.67. The minimum atomic E-state index is -0.298. The first-order chi connectivity index (χ1) is 7.69. The second-order valence-electron chi connectivity index (χ2n) is 5.21. The molecule has 2 fully saturated rings. The second kappa shape index (κ2) is 5.04. The van der Waals surface area contributed by atoms with Gasteiger partial charge in [-0.3, -0.25) is 4.90 Å². The maximum atomic E-state index is 11.2. The monoisotopic (exact) mass is 226 g/mol. The SMILES string of the molecule is COC(=O)NC1CC(C)CN(C2CCC2)C1. The normalized spacial score (nSPS) is 31.9. The predicted molar refractivity (Wildman–Crippen MR) is 62.3 cm³/mol. The van der Waals surface area contributed by atoms with E-state index in [9.17, 15) is 4.79 Å². The Hall–Kier alpha value is -0.770. The summed E-state index contributed by atoms with van der Waals surface area (Å²) in [6.07, 6.45) is 4.80. The number of nitrogens with zero attached hydrogens (tertiary/aromatic N) is 1. The van der Waals surface area contributed by atoms with Crippen molar-refractivity contribution in [3.63, 3.8) is 0 Å². The van der Waals surface area contributed by atoms with Gasteiger partial charge in [-0.25, -0.2) is 4.79 Å². The summed E-state index contributed by atoms with van der Waals surface area (Å²) in [5.41, 5.74) is 0. The quantitative estimate of drug-likeness (QED) is 0.777. The van der Waals surface area contributed by atoms with E-state index in [1.807, 2.05) is 0 Å². The lowest BCUT2D eigenvalue weighted by molar-refractivity contribution is 0.0619. The van der Waals surface area contributed by atoms with E-state index in [2.05, 4.69) is 21.9 Å². The van der Waals surface area contributed by atoms with Crippen molar-refractivity contribution in [2.24, 2.45) is 5.92 Å². The largest absolute Gasteiger partial charge is 0.453 e. The van der Waals surface area contributed by atoms with E-state index < -0.39 is 0 Å². The zero-order chi connectivity index (χ0) is 11.5. The van der Waals surface area contributed by atoms with Gasteiger partial charge in [-0.2, -0.15) is 0 Å². The Bertz CT molecular complexity index is 253. The van der Waals surface area contributed by atoms with Crippen LogP contribution in [0.3, 0.4) is 0 Å². The van der Waals surface area contributed by atoms with Crippen LogP contribution >= 0.6 is 0 Å². The lowest BCUT2D eigenvalue weighted by atomic mass is 9.87. The van der Waals surface area contributed by atoms with Crippen molar-refractivity contribution in [3.8, 4) is 0 Å². The predicted octanol–water partition coefficient (Wildman–Crippen LogP) is 1.61. The molecule has 0 bridgehead atoms. The lowest BCUT2D eigenvalue weighted by Gasteiger charge is -2.44. The molecule has 2 rings (SSSR count). The zero-order valence-corrected chi connectivity index (χ0v) is 10.2. The molecule has 1 N–H and O–H groups in total. The molecule has 16 heavy (non-hydrogen) atoms. The van der Waals surface area contributed by atoms with Crippen LogP contribution in [-0.2, 0) is 4.74 Å². The summed E-state index contributed by atoms with van der Waals surface area (Å²) in [4.78, 5) is 13.7. The summed E-state index contributed by atoms with van der Waals surface area (Å²) in [5.74, 6) is 0.663. The minimum absolute atomic E-state index is 0.261. The van der Waals surface area contributed by atoms with Crippen molar-refractivity contribution >= 4 is 6.09 Å². The Kier molecular flexibility index (Phi) is 3.69. The zero-order valence-electron chi connectivity index (χ0n) is 10.2. The molecule has 0 aromatic carbocycles. The molecular weight excluding hydrogens is 204 g/mol. The summed E-state index contributed by atoms with van der Waals surface area (Å²) in [5, 5.41) is 2.93. The number of nitrogens with one attached hydrogen (secondary N) is 1. The fraction of sp³-hybridized carbons (Fsp3) is 0.917. The molecule has 1 saturated carbocycles. The topological polar surface area (TPSA) is 41.6 Å². The van der Waals surface area contributed by atoms with Gasteiger partial charge in [0.15, 0.2) is 0 Å². The van der Waals surface area contributed by atoms with Crippen molar-refractivity contribution in [1.29, 1.82) is 0 Å². The third kappa shape index (κ3) is 2.67. The first-order valence-corrected chi connectivity index (χ1v) is 6.27. The fourth-order valence-electron chi connectivity index (χ4n) is 2.77. The number of rotatable bonds is 2. The van der Waals surface area contributed by atoms with Gasteiger partial charge >= 0.3 is 6.09 Å². The number of methoxy groups -OCH3 is 1. The third-order valence-electron chi connectivity index (χ3n) is 3.79. The summed E-state index contributed by atoms with van der Waals surface area (Å²) in [6.45, 7) is 4.44. The van der Waals surface area contributed by atoms with Crippen molar-refractivity contribution in [2.75, 3.05) is 20.2 Å². The van der Waals surface area contributed by atoms with Crippen LogP contribution in [0.4, 0.5) is 4.79 Å². The van der Waals surface area contributed by atoms with Crippen LogP contribution < -0.4 is 5.32 Å². The molecule has 0 radical (unpaired) electrons. The average Bonchev–Trinajstić information content (AvgIpc) is 2.13. The van der Waals surface area contributed by atoms with Crippen molar-refractivity contribution < 1.29 is 9.53 Å². The Morgan fingerprint density at radius 2 is 2.12 bits per heavy atom. The molecule has 1 aliphatic heterocycles. The first-order valence-electron chi connectivity index (χ1n) is 6.27. The molecule has 0 aromatic rings. The molecule has 2 aliphatic rings. The van der Waals surface area contributed by atoms with Gasteiger partial charge in [-0.05, 0) is 25.2 Å². The van der Waals surface area contributed by atoms with Crippen LogP contribution in [0.1, 0.15) is 32.6 Å². The molecule has 1 amide bonds. The molecule has 0 spiro atoms. The Morgan fingerprint density at radius 1 is 1.38 bits per heavy atom. The van der Waals surface area contributed by atoms with E-state index in [0.717, 1.165) is 19.0 Å². The van der Waals surface area contributed by atoms with Gasteiger partial charge in [0.05, 0.1) is 7.11 Å². The van der Waals surface area contributed by atoms with Crippen LogP contribution in [0.15, 0.2) is 0 Å². The fourth-order valence-corrected chi connectivity index (χ4v) is 2.77. The minimum Gasteiger partial charge on any atom is -0.453 e. The van der Waals surface area contributed by atoms with E-state index in [1.54, 1.807) is 0 Å². The molecule has 1 heterocycles. The van der Waals surface area contributed by atoms with E-state index in [1.165, 1.54) is 32.9 Å². The number of amides is 1. The van der Waals surface area contributed by atoms with Crippen LogP contribution in [0.25, 0.3) is 0 Å². The number of alkyl carbamates (subject to hydrolysis) is 1. The first kappa shape index (κ1) is 11.7. The smallest absolute Gasteiger partial charge is 0.407 e. The van der Waals surface area contributed by atoms with Gasteiger partial charge in [0.25, 0.3) is 0 Å². The molecule has 2 unspecified atom stereocenters. The molecule has 1 aliphatic carbocycles. The highest BCUT2D eigenvalue weighted by atomic mass is 16.5. The van der Waals surface area contributed by atoms with E-state index in [-0.39, 0.29) is 12.1 Å². The van der Waals surface area contributed by atoms with Gasteiger partial charge < -0.3 is 10.1 Å². The van der Waals surface area contributed by atoms with Crippen molar-refractivity contribution in [2.45, 2.75) is 44.7 Å². The van der Waals surface area contributed by atoms with Gasteiger partial charge in [0.2, 0.25) is 0 Å². The Labute approximate surface area is 97.3 Å². The van der Waals surface area contributed by atoms with Gasteiger partial charge in [0, 0.05) is 25.2 Å². The van der Waals surface area contributed by atoms with Crippen LogP contribution in [-0.4, -0.2) is 43.3 Å². The summed E-state index contributed by atoms with van der Waals surface area (Å²) in [6, 6.07) is 1.03.